The standard InChI is InChI=1S/C11H13ClN2O2/c12-8-1-2-9(13)10(4-8)14-5-7(6-15)3-11(14)16/h1-2,4,7,15H,3,5-6,13H2. The highest BCUT2D eigenvalue weighted by molar-refractivity contribution is 6.31. The first kappa shape index (κ1) is 11.2. The Balaban J connectivity index is 2.30. The second-order valence-corrected chi connectivity index (χ2v) is 4.40. The van der Waals surface area contributed by atoms with E-state index in [2.05, 4.69) is 0 Å². The fourth-order valence-electron chi connectivity index (χ4n) is 1.89. The van der Waals surface area contributed by atoms with E-state index in [0.29, 0.717) is 29.4 Å². The number of carbonyl (C=O) groups is 1. The van der Waals surface area contributed by atoms with E-state index in [9.17, 15) is 4.79 Å². The fraction of sp³-hybridized carbons (Fsp3) is 0.364. The van der Waals surface area contributed by atoms with Gasteiger partial charge in [0, 0.05) is 30.5 Å². The molecule has 0 aliphatic carbocycles. The summed E-state index contributed by atoms with van der Waals surface area (Å²) < 4.78 is 0. The fourth-order valence-corrected chi connectivity index (χ4v) is 2.05. The van der Waals surface area contributed by atoms with Crippen LogP contribution in [0.2, 0.25) is 5.02 Å². The third kappa shape index (κ3) is 1.99. The molecule has 1 amide bonds. The zero-order valence-electron chi connectivity index (χ0n) is 8.69. The van der Waals surface area contributed by atoms with Crippen LogP contribution < -0.4 is 10.6 Å². The molecule has 1 saturated heterocycles. The van der Waals surface area contributed by atoms with Gasteiger partial charge in [-0.15, -0.1) is 0 Å². The summed E-state index contributed by atoms with van der Waals surface area (Å²) in [7, 11) is 0. The summed E-state index contributed by atoms with van der Waals surface area (Å²) in [5.74, 6) is -0.0288. The van der Waals surface area contributed by atoms with Crippen LogP contribution in [-0.4, -0.2) is 24.2 Å². The van der Waals surface area contributed by atoms with Crippen molar-refractivity contribution in [3.8, 4) is 0 Å². The molecule has 1 aliphatic rings. The zero-order chi connectivity index (χ0) is 11.7. The van der Waals surface area contributed by atoms with Gasteiger partial charge in [-0.25, -0.2) is 0 Å². The van der Waals surface area contributed by atoms with Crippen LogP contribution in [0.3, 0.4) is 0 Å². The van der Waals surface area contributed by atoms with Crippen LogP contribution in [0.5, 0.6) is 0 Å². The van der Waals surface area contributed by atoms with Crippen molar-refractivity contribution in [2.45, 2.75) is 6.42 Å². The van der Waals surface area contributed by atoms with E-state index in [0.717, 1.165) is 0 Å². The van der Waals surface area contributed by atoms with E-state index in [-0.39, 0.29) is 18.4 Å². The Morgan fingerprint density at radius 3 is 2.94 bits per heavy atom. The number of nitrogen functional groups attached to an aromatic ring is 1. The van der Waals surface area contributed by atoms with Crippen LogP contribution in [0.4, 0.5) is 11.4 Å². The Labute approximate surface area is 98.6 Å². The number of nitrogens with zero attached hydrogens (tertiary/aromatic N) is 1. The average molecular weight is 241 g/mol. The van der Waals surface area contributed by atoms with E-state index in [1.165, 1.54) is 0 Å². The van der Waals surface area contributed by atoms with Gasteiger partial charge in [0.25, 0.3) is 0 Å². The number of amides is 1. The molecule has 0 radical (unpaired) electrons. The Morgan fingerprint density at radius 2 is 2.31 bits per heavy atom. The summed E-state index contributed by atoms with van der Waals surface area (Å²) >= 11 is 5.87. The average Bonchev–Trinajstić information content (AvgIpc) is 2.63. The molecule has 0 saturated carbocycles. The van der Waals surface area contributed by atoms with Crippen LogP contribution >= 0.6 is 11.6 Å². The van der Waals surface area contributed by atoms with E-state index in [1.54, 1.807) is 23.1 Å². The molecule has 1 fully saturated rings. The van der Waals surface area contributed by atoms with E-state index >= 15 is 0 Å². The molecule has 1 atom stereocenters. The lowest BCUT2D eigenvalue weighted by molar-refractivity contribution is -0.117. The predicted octanol–water partition coefficient (Wildman–Crippen LogP) is 1.27. The third-order valence-electron chi connectivity index (χ3n) is 2.75. The quantitative estimate of drug-likeness (QED) is 0.765. The maximum absolute atomic E-state index is 11.7. The molecule has 2 rings (SSSR count). The summed E-state index contributed by atoms with van der Waals surface area (Å²) in [6, 6.07) is 5.04. The molecule has 1 aromatic rings. The number of aliphatic hydroxyl groups excluding tert-OH is 1. The van der Waals surface area contributed by atoms with Gasteiger partial charge in [0.15, 0.2) is 0 Å². The number of benzene rings is 1. The van der Waals surface area contributed by atoms with Crippen LogP contribution in [-0.2, 0) is 4.79 Å². The van der Waals surface area contributed by atoms with Gasteiger partial charge in [0.2, 0.25) is 5.91 Å². The highest BCUT2D eigenvalue weighted by Crippen LogP contribution is 2.31. The summed E-state index contributed by atoms with van der Waals surface area (Å²) in [6.45, 7) is 0.516. The van der Waals surface area contributed by atoms with Crippen molar-refractivity contribution in [3.05, 3.63) is 23.2 Å². The number of halogens is 1. The van der Waals surface area contributed by atoms with Crippen molar-refractivity contribution in [2.75, 3.05) is 23.8 Å². The highest BCUT2D eigenvalue weighted by Gasteiger charge is 2.31. The van der Waals surface area contributed by atoms with Gasteiger partial charge in [-0.1, -0.05) is 11.6 Å². The maximum atomic E-state index is 11.7. The first-order chi connectivity index (χ1) is 7.61. The van der Waals surface area contributed by atoms with E-state index in [1.807, 2.05) is 0 Å². The number of hydrogen-bond acceptors (Lipinski definition) is 3. The first-order valence-electron chi connectivity index (χ1n) is 5.08. The second kappa shape index (κ2) is 4.31. The van der Waals surface area contributed by atoms with Crippen molar-refractivity contribution >= 4 is 28.9 Å². The third-order valence-corrected chi connectivity index (χ3v) is 2.98. The van der Waals surface area contributed by atoms with Crippen molar-refractivity contribution in [2.24, 2.45) is 5.92 Å². The van der Waals surface area contributed by atoms with Crippen LogP contribution in [0, 0.1) is 5.92 Å². The predicted molar refractivity (Wildman–Crippen MR) is 63.4 cm³/mol. The molecule has 0 spiro atoms. The molecule has 86 valence electrons. The number of anilines is 2. The van der Waals surface area contributed by atoms with Crippen molar-refractivity contribution in [1.29, 1.82) is 0 Å². The Kier molecular flexibility index (Phi) is 3.03. The largest absolute Gasteiger partial charge is 0.397 e. The topological polar surface area (TPSA) is 66.6 Å². The molecular weight excluding hydrogens is 228 g/mol. The van der Waals surface area contributed by atoms with Gasteiger partial charge in [-0.3, -0.25) is 4.79 Å². The number of nitrogens with two attached hydrogens (primary N) is 1. The van der Waals surface area contributed by atoms with Gasteiger partial charge in [0.05, 0.1) is 11.4 Å². The number of rotatable bonds is 2. The Hall–Kier alpha value is -1.26. The van der Waals surface area contributed by atoms with Crippen LogP contribution in [0.15, 0.2) is 18.2 Å². The van der Waals surface area contributed by atoms with Crippen molar-refractivity contribution < 1.29 is 9.90 Å². The minimum absolute atomic E-state index is 0.00844. The monoisotopic (exact) mass is 240 g/mol. The summed E-state index contributed by atoms with van der Waals surface area (Å²) in [4.78, 5) is 13.3. The zero-order valence-corrected chi connectivity index (χ0v) is 9.44. The lowest BCUT2D eigenvalue weighted by Gasteiger charge is -2.18. The van der Waals surface area contributed by atoms with Crippen molar-refractivity contribution in [3.63, 3.8) is 0 Å². The number of carbonyl (C=O) groups excluding carboxylic acids is 1. The summed E-state index contributed by atoms with van der Waals surface area (Å²) in [5.41, 5.74) is 6.96. The number of aliphatic hydroxyl groups is 1. The molecule has 1 heterocycles. The smallest absolute Gasteiger partial charge is 0.227 e. The molecule has 0 aromatic heterocycles. The van der Waals surface area contributed by atoms with E-state index in [4.69, 9.17) is 22.4 Å². The second-order valence-electron chi connectivity index (χ2n) is 3.96. The number of hydrogen-bond donors (Lipinski definition) is 2. The van der Waals surface area contributed by atoms with Crippen LogP contribution in [0.1, 0.15) is 6.42 Å². The van der Waals surface area contributed by atoms with Gasteiger partial charge in [0.1, 0.15) is 0 Å². The molecule has 1 aliphatic heterocycles. The maximum Gasteiger partial charge on any atom is 0.227 e. The van der Waals surface area contributed by atoms with Crippen LogP contribution in [0.25, 0.3) is 0 Å². The molecule has 0 bridgehead atoms. The first-order valence-corrected chi connectivity index (χ1v) is 5.46. The minimum Gasteiger partial charge on any atom is -0.397 e. The Morgan fingerprint density at radius 1 is 1.56 bits per heavy atom. The molecule has 1 unspecified atom stereocenters. The molecule has 5 heteroatoms. The Bertz CT molecular complexity index is 422. The molecular formula is C11H13ClN2O2. The lowest BCUT2D eigenvalue weighted by atomic mass is 10.1. The molecule has 1 aromatic carbocycles. The van der Waals surface area contributed by atoms with Gasteiger partial charge in [-0.05, 0) is 18.2 Å². The van der Waals surface area contributed by atoms with Gasteiger partial charge < -0.3 is 15.7 Å². The van der Waals surface area contributed by atoms with E-state index < -0.39 is 0 Å². The lowest BCUT2D eigenvalue weighted by Crippen LogP contribution is -2.25. The minimum atomic E-state index is -0.0204. The normalized spacial score (nSPS) is 20.5. The highest BCUT2D eigenvalue weighted by atomic mass is 35.5. The molecule has 16 heavy (non-hydrogen) atoms. The van der Waals surface area contributed by atoms with Gasteiger partial charge >= 0.3 is 0 Å². The molecule has 4 nitrogen and oxygen atoms in total. The van der Waals surface area contributed by atoms with Crippen molar-refractivity contribution in [1.82, 2.24) is 0 Å². The van der Waals surface area contributed by atoms with Gasteiger partial charge in [-0.2, -0.15) is 0 Å². The SMILES string of the molecule is Nc1ccc(Cl)cc1N1CC(CO)CC1=O. The summed E-state index contributed by atoms with van der Waals surface area (Å²) in [6.07, 6.45) is 0.364. The molecule has 3 N–H and O–H groups in total. The summed E-state index contributed by atoms with van der Waals surface area (Å²) in [5, 5.41) is 9.58.